The van der Waals surface area contributed by atoms with Crippen molar-refractivity contribution in [3.8, 4) is 11.1 Å². The number of para-hydroxylation sites is 1. The molecule has 0 bridgehead atoms. The number of hydrogen-bond acceptors (Lipinski definition) is 4. The molecule has 1 aliphatic carbocycles. The number of alkyl halides is 3. The maximum Gasteiger partial charge on any atom is 0.416 e. The minimum Gasteiger partial charge on any atom is -0.322 e. The Morgan fingerprint density at radius 1 is 0.833 bits per heavy atom. The van der Waals surface area contributed by atoms with Gasteiger partial charge < -0.3 is 5.32 Å². The fourth-order valence-corrected chi connectivity index (χ4v) is 6.74. The SMILES string of the molecule is O=C(Nc1ccc2c(c1)CC(NS(=O)(=O)c1cccc3cccnc13)C2)c1ccccc1-c1ccc(C(F)(F)F)cc1. The van der Waals surface area contributed by atoms with Crippen LogP contribution in [0.25, 0.3) is 22.0 Å². The molecule has 4 aromatic carbocycles. The zero-order chi connectivity index (χ0) is 29.5. The van der Waals surface area contributed by atoms with Gasteiger partial charge >= 0.3 is 6.18 Å². The zero-order valence-corrected chi connectivity index (χ0v) is 22.8. The van der Waals surface area contributed by atoms with Gasteiger partial charge in [-0.05, 0) is 77.6 Å². The van der Waals surface area contributed by atoms with E-state index in [-0.39, 0.29) is 10.9 Å². The first-order valence-electron chi connectivity index (χ1n) is 13.1. The molecule has 1 aliphatic rings. The molecule has 6 rings (SSSR count). The third kappa shape index (κ3) is 5.50. The minimum absolute atomic E-state index is 0.121. The van der Waals surface area contributed by atoms with Gasteiger partial charge in [-0.15, -0.1) is 0 Å². The van der Waals surface area contributed by atoms with Crippen molar-refractivity contribution in [1.82, 2.24) is 9.71 Å². The van der Waals surface area contributed by atoms with Crippen molar-refractivity contribution >= 4 is 32.5 Å². The molecule has 0 spiro atoms. The predicted octanol–water partition coefficient (Wildman–Crippen LogP) is 6.62. The fraction of sp³-hybridized carbons (Fsp3) is 0.125. The summed E-state index contributed by atoms with van der Waals surface area (Å²) in [5.41, 5.74) is 3.36. The summed E-state index contributed by atoms with van der Waals surface area (Å²) in [6, 6.07) is 25.0. The Bertz CT molecular complexity index is 1920. The van der Waals surface area contributed by atoms with E-state index in [0.29, 0.717) is 40.7 Å². The average Bonchev–Trinajstić information content (AvgIpc) is 3.37. The number of aromatic nitrogens is 1. The number of nitrogens with one attached hydrogen (secondary N) is 2. The van der Waals surface area contributed by atoms with Gasteiger partial charge in [0.1, 0.15) is 4.90 Å². The van der Waals surface area contributed by atoms with Crippen molar-refractivity contribution in [2.24, 2.45) is 0 Å². The third-order valence-electron chi connectivity index (χ3n) is 7.30. The highest BCUT2D eigenvalue weighted by Crippen LogP contribution is 2.33. The number of carbonyl (C=O) groups is 1. The van der Waals surface area contributed by atoms with Gasteiger partial charge in [-0.25, -0.2) is 13.1 Å². The predicted molar refractivity (Wildman–Crippen MR) is 155 cm³/mol. The Hall–Kier alpha value is -4.54. The molecule has 42 heavy (non-hydrogen) atoms. The van der Waals surface area contributed by atoms with E-state index in [9.17, 15) is 26.4 Å². The molecule has 6 nitrogen and oxygen atoms in total. The molecule has 2 N–H and O–H groups in total. The molecule has 1 heterocycles. The number of fused-ring (bicyclic) bond motifs is 2. The number of halogens is 3. The van der Waals surface area contributed by atoms with Crippen molar-refractivity contribution in [2.45, 2.75) is 30.0 Å². The summed E-state index contributed by atoms with van der Waals surface area (Å²) in [5.74, 6) is -0.413. The van der Waals surface area contributed by atoms with Crippen LogP contribution < -0.4 is 10.0 Å². The van der Waals surface area contributed by atoms with E-state index in [1.807, 2.05) is 24.3 Å². The number of sulfonamides is 1. The number of nitrogens with zero attached hydrogens (tertiary/aromatic N) is 1. The number of anilines is 1. The summed E-state index contributed by atoms with van der Waals surface area (Å²) in [6.07, 6.45) is -1.95. The van der Waals surface area contributed by atoms with Crippen LogP contribution in [0.5, 0.6) is 0 Å². The van der Waals surface area contributed by atoms with Crippen LogP contribution in [0.4, 0.5) is 18.9 Å². The summed E-state index contributed by atoms with van der Waals surface area (Å²) in [7, 11) is -3.84. The molecule has 212 valence electrons. The molecule has 1 atom stereocenters. The Labute approximate surface area is 240 Å². The highest BCUT2D eigenvalue weighted by Gasteiger charge is 2.30. The maximum atomic E-state index is 13.3. The van der Waals surface area contributed by atoms with Crippen LogP contribution in [0.3, 0.4) is 0 Å². The van der Waals surface area contributed by atoms with Crippen LogP contribution in [-0.2, 0) is 29.0 Å². The van der Waals surface area contributed by atoms with E-state index in [4.69, 9.17) is 0 Å². The molecule has 5 aromatic rings. The number of benzene rings is 4. The van der Waals surface area contributed by atoms with Gasteiger partial charge in [0.15, 0.2) is 0 Å². The molecule has 0 aliphatic heterocycles. The van der Waals surface area contributed by atoms with Gasteiger partial charge in [-0.2, -0.15) is 13.2 Å². The Balaban J connectivity index is 1.18. The third-order valence-corrected chi connectivity index (χ3v) is 8.85. The van der Waals surface area contributed by atoms with Crippen molar-refractivity contribution < 1.29 is 26.4 Å². The monoisotopic (exact) mass is 587 g/mol. The first kappa shape index (κ1) is 27.6. The Morgan fingerprint density at radius 2 is 1.57 bits per heavy atom. The van der Waals surface area contributed by atoms with Crippen LogP contribution in [0.2, 0.25) is 0 Å². The number of rotatable bonds is 6. The second-order valence-electron chi connectivity index (χ2n) is 10.1. The van der Waals surface area contributed by atoms with E-state index in [1.165, 1.54) is 18.2 Å². The summed E-state index contributed by atoms with van der Waals surface area (Å²) in [5, 5.41) is 3.61. The molecule has 10 heteroatoms. The first-order valence-corrected chi connectivity index (χ1v) is 14.6. The Kier molecular flexibility index (Phi) is 7.04. The smallest absolute Gasteiger partial charge is 0.322 e. The average molecular weight is 588 g/mol. The van der Waals surface area contributed by atoms with Crippen LogP contribution >= 0.6 is 0 Å². The molecule has 0 radical (unpaired) electrons. The first-order chi connectivity index (χ1) is 20.1. The van der Waals surface area contributed by atoms with E-state index in [1.54, 1.807) is 48.7 Å². The van der Waals surface area contributed by atoms with Crippen LogP contribution in [0.1, 0.15) is 27.0 Å². The molecule has 1 unspecified atom stereocenters. The quantitative estimate of drug-likeness (QED) is 0.234. The fourth-order valence-electron chi connectivity index (χ4n) is 5.33. The highest BCUT2D eigenvalue weighted by atomic mass is 32.2. The van der Waals surface area contributed by atoms with Crippen molar-refractivity contribution in [3.63, 3.8) is 0 Å². The number of pyridine rings is 1. The van der Waals surface area contributed by atoms with Crippen molar-refractivity contribution in [3.05, 3.63) is 126 Å². The van der Waals surface area contributed by atoms with Crippen molar-refractivity contribution in [2.75, 3.05) is 5.32 Å². The number of amides is 1. The van der Waals surface area contributed by atoms with E-state index in [0.717, 1.165) is 28.6 Å². The summed E-state index contributed by atoms with van der Waals surface area (Å²) in [4.78, 5) is 17.6. The number of hydrogen-bond donors (Lipinski definition) is 2. The van der Waals surface area contributed by atoms with Crippen LogP contribution in [0.15, 0.2) is 108 Å². The van der Waals surface area contributed by atoms with Gasteiger partial charge in [-0.1, -0.05) is 54.6 Å². The summed E-state index contributed by atoms with van der Waals surface area (Å²) in [6.45, 7) is 0. The molecular formula is C32H24F3N3O3S. The second kappa shape index (κ2) is 10.7. The summed E-state index contributed by atoms with van der Waals surface area (Å²) < 4.78 is 68.4. The van der Waals surface area contributed by atoms with E-state index < -0.39 is 27.7 Å². The molecule has 0 saturated carbocycles. The topological polar surface area (TPSA) is 88.2 Å². The second-order valence-corrected chi connectivity index (χ2v) is 11.8. The van der Waals surface area contributed by atoms with Gasteiger partial charge in [0.2, 0.25) is 10.0 Å². The lowest BCUT2D eigenvalue weighted by Gasteiger charge is -2.14. The number of carbonyl (C=O) groups excluding carboxylic acids is 1. The summed E-state index contributed by atoms with van der Waals surface area (Å²) >= 11 is 0. The van der Waals surface area contributed by atoms with Crippen LogP contribution in [-0.4, -0.2) is 25.4 Å². The minimum atomic E-state index is -4.45. The lowest BCUT2D eigenvalue weighted by Crippen LogP contribution is -2.35. The highest BCUT2D eigenvalue weighted by molar-refractivity contribution is 7.89. The van der Waals surface area contributed by atoms with Gasteiger partial charge in [-0.3, -0.25) is 9.78 Å². The lowest BCUT2D eigenvalue weighted by atomic mass is 9.98. The molecule has 1 aromatic heterocycles. The largest absolute Gasteiger partial charge is 0.416 e. The van der Waals surface area contributed by atoms with Gasteiger partial charge in [0.05, 0.1) is 11.1 Å². The lowest BCUT2D eigenvalue weighted by molar-refractivity contribution is -0.137. The molecule has 0 saturated heterocycles. The van der Waals surface area contributed by atoms with E-state index >= 15 is 0 Å². The van der Waals surface area contributed by atoms with Gasteiger partial charge in [0, 0.05) is 28.9 Å². The maximum absolute atomic E-state index is 13.3. The van der Waals surface area contributed by atoms with E-state index in [2.05, 4.69) is 15.0 Å². The van der Waals surface area contributed by atoms with Crippen LogP contribution in [0, 0.1) is 0 Å². The normalized spacial score (nSPS) is 15.0. The zero-order valence-electron chi connectivity index (χ0n) is 22.0. The molecular weight excluding hydrogens is 563 g/mol. The standard InChI is InChI=1S/C32H24F3N3O3S/c33-32(34,35)24-13-10-20(11-14-24)27-7-1-2-8-28(27)31(39)37-25-15-12-22-17-26(19-23(22)18-25)38-42(40,41)29-9-3-5-21-6-4-16-36-30(21)29/h1-16,18,26,38H,17,19H2,(H,37,39). The van der Waals surface area contributed by atoms with Gasteiger partial charge in [0.25, 0.3) is 5.91 Å². The molecule has 0 fully saturated rings. The Morgan fingerprint density at radius 3 is 2.36 bits per heavy atom. The molecule has 1 amide bonds. The van der Waals surface area contributed by atoms with Crippen molar-refractivity contribution in [1.29, 1.82) is 0 Å².